The van der Waals surface area contributed by atoms with E-state index in [4.69, 9.17) is 0 Å². The monoisotopic (exact) mass is 566 g/mol. The van der Waals surface area contributed by atoms with E-state index >= 15 is 0 Å². The molecule has 0 saturated heterocycles. The van der Waals surface area contributed by atoms with Crippen LogP contribution in [0.3, 0.4) is 0 Å². The number of aromatic nitrogens is 2. The maximum atomic E-state index is 11.3. The van der Waals surface area contributed by atoms with Gasteiger partial charge in [0, 0.05) is 100 Å². The summed E-state index contributed by atoms with van der Waals surface area (Å²) in [7, 11) is 0. The second kappa shape index (κ2) is 14.4. The molecule has 0 atom stereocenters. The first-order chi connectivity index (χ1) is 20.4. The number of phenolic OH excluding ortho intramolecular Hbond substituents is 2. The second-order valence-electron chi connectivity index (χ2n) is 11.3. The molecule has 1 aliphatic heterocycles. The van der Waals surface area contributed by atoms with Gasteiger partial charge in [-0.05, 0) is 38.1 Å². The summed E-state index contributed by atoms with van der Waals surface area (Å²) in [6.45, 7) is 10.8. The van der Waals surface area contributed by atoms with E-state index in [1.807, 2.05) is 48.8 Å². The topological polar surface area (TPSA) is 96.8 Å². The predicted octanol–water partition coefficient (Wildman–Crippen LogP) is 4.40. The number of pyridine rings is 2. The van der Waals surface area contributed by atoms with Crippen molar-refractivity contribution in [1.29, 1.82) is 0 Å². The van der Waals surface area contributed by atoms with Crippen molar-refractivity contribution < 1.29 is 10.2 Å². The Kier molecular flexibility index (Phi) is 10.2. The standard InChI is InChI=1S/C34H42N6O2/c1-25-15-27-19-35-11-12-36-20-28-16-26(2)18-30(34(28)42)22-40(24-32-8-4-6-10-38-32)14-13-39(21-29(17-25)33(27)41)23-31-7-3-5-9-37-31/h3-10,15-18,35-36,41-42H,11-14,19-24H2,1-2H3. The maximum absolute atomic E-state index is 11.3. The molecule has 1 aliphatic rings. The Bertz CT molecular complexity index is 1340. The van der Waals surface area contributed by atoms with Gasteiger partial charge in [0.15, 0.2) is 0 Å². The van der Waals surface area contributed by atoms with Gasteiger partial charge < -0.3 is 20.8 Å². The number of phenols is 2. The third kappa shape index (κ3) is 8.14. The molecule has 8 nitrogen and oxygen atoms in total. The summed E-state index contributed by atoms with van der Waals surface area (Å²) >= 11 is 0. The molecule has 0 saturated carbocycles. The number of fused-ring (bicyclic) bond motifs is 4. The molecule has 0 amide bonds. The van der Waals surface area contributed by atoms with Crippen molar-refractivity contribution in [2.75, 3.05) is 26.2 Å². The molecule has 8 heteroatoms. The first kappa shape index (κ1) is 29.7. The molecule has 3 heterocycles. The number of hydrogen-bond donors (Lipinski definition) is 4. The van der Waals surface area contributed by atoms with Gasteiger partial charge in [-0.1, -0.05) is 47.5 Å². The van der Waals surface area contributed by atoms with Crippen LogP contribution in [0.25, 0.3) is 0 Å². The van der Waals surface area contributed by atoms with Gasteiger partial charge in [0.1, 0.15) is 11.5 Å². The average molecular weight is 567 g/mol. The fourth-order valence-corrected chi connectivity index (χ4v) is 5.64. The van der Waals surface area contributed by atoms with Gasteiger partial charge in [-0.15, -0.1) is 0 Å². The zero-order valence-corrected chi connectivity index (χ0v) is 24.7. The van der Waals surface area contributed by atoms with Crippen molar-refractivity contribution >= 4 is 0 Å². The summed E-state index contributed by atoms with van der Waals surface area (Å²) in [5.41, 5.74) is 7.87. The molecule has 42 heavy (non-hydrogen) atoms. The zero-order valence-electron chi connectivity index (χ0n) is 24.7. The van der Waals surface area contributed by atoms with Crippen LogP contribution < -0.4 is 10.6 Å². The fourth-order valence-electron chi connectivity index (χ4n) is 5.64. The van der Waals surface area contributed by atoms with Crippen molar-refractivity contribution in [3.63, 3.8) is 0 Å². The summed E-state index contributed by atoms with van der Waals surface area (Å²) in [4.78, 5) is 13.9. The molecule has 220 valence electrons. The van der Waals surface area contributed by atoms with Gasteiger partial charge in [-0.2, -0.15) is 0 Å². The third-order valence-corrected chi connectivity index (χ3v) is 7.68. The Morgan fingerprint density at radius 2 is 1.07 bits per heavy atom. The first-order valence-electron chi connectivity index (χ1n) is 14.7. The van der Waals surface area contributed by atoms with E-state index < -0.39 is 0 Å². The van der Waals surface area contributed by atoms with Crippen LogP contribution in [0.2, 0.25) is 0 Å². The van der Waals surface area contributed by atoms with Crippen molar-refractivity contribution in [2.24, 2.45) is 0 Å². The molecule has 0 fully saturated rings. The fraction of sp³-hybridized carbons (Fsp3) is 0.353. The summed E-state index contributed by atoms with van der Waals surface area (Å²) < 4.78 is 0. The summed E-state index contributed by atoms with van der Waals surface area (Å²) in [5, 5.41) is 29.5. The predicted molar refractivity (Wildman–Crippen MR) is 166 cm³/mol. The molecule has 5 rings (SSSR count). The molecule has 4 bridgehead atoms. The van der Waals surface area contributed by atoms with E-state index in [1.165, 1.54) is 0 Å². The summed E-state index contributed by atoms with van der Waals surface area (Å²) in [5.74, 6) is 0.711. The number of rotatable bonds is 4. The van der Waals surface area contributed by atoms with E-state index in [-0.39, 0.29) is 0 Å². The SMILES string of the molecule is Cc1cc2c(O)c(c1)CN(Cc1ccccn1)CCN(Cc1ccccn1)Cc1cc(C)cc(c1O)CNCCNC2. The Morgan fingerprint density at radius 1 is 0.643 bits per heavy atom. The minimum absolute atomic E-state index is 0.355. The van der Waals surface area contributed by atoms with Crippen LogP contribution in [0.5, 0.6) is 11.5 Å². The van der Waals surface area contributed by atoms with Crippen LogP contribution in [0.4, 0.5) is 0 Å². The Balaban J connectivity index is 1.48. The highest BCUT2D eigenvalue weighted by Crippen LogP contribution is 2.28. The molecule has 2 aromatic heterocycles. The van der Waals surface area contributed by atoms with Crippen LogP contribution in [0.15, 0.2) is 73.1 Å². The van der Waals surface area contributed by atoms with Gasteiger partial charge in [0.25, 0.3) is 0 Å². The van der Waals surface area contributed by atoms with E-state index in [0.717, 1.165) is 70.9 Å². The Labute approximate surface area is 249 Å². The molecule has 2 aromatic carbocycles. The minimum atomic E-state index is 0.355. The highest BCUT2D eigenvalue weighted by atomic mass is 16.3. The zero-order chi connectivity index (χ0) is 29.3. The molecular weight excluding hydrogens is 524 g/mol. The largest absolute Gasteiger partial charge is 0.507 e. The van der Waals surface area contributed by atoms with Gasteiger partial charge in [0.05, 0.1) is 11.4 Å². The van der Waals surface area contributed by atoms with Gasteiger partial charge in [-0.25, -0.2) is 0 Å². The lowest BCUT2D eigenvalue weighted by atomic mass is 10.0. The molecular formula is C34H42N6O2. The number of hydrogen-bond acceptors (Lipinski definition) is 8. The third-order valence-electron chi connectivity index (χ3n) is 7.68. The van der Waals surface area contributed by atoms with Crippen molar-refractivity contribution in [2.45, 2.75) is 53.1 Å². The number of aromatic hydroxyl groups is 2. The first-order valence-corrected chi connectivity index (χ1v) is 14.7. The van der Waals surface area contributed by atoms with E-state index in [9.17, 15) is 10.2 Å². The van der Waals surface area contributed by atoms with Crippen LogP contribution in [0.1, 0.15) is 44.8 Å². The van der Waals surface area contributed by atoms with E-state index in [0.29, 0.717) is 50.8 Å². The average Bonchev–Trinajstić information content (AvgIpc) is 2.98. The van der Waals surface area contributed by atoms with Gasteiger partial charge in [-0.3, -0.25) is 19.8 Å². The molecule has 0 unspecified atom stereocenters. The molecule has 4 N–H and O–H groups in total. The lowest BCUT2D eigenvalue weighted by Gasteiger charge is -2.29. The number of nitrogens with zero attached hydrogens (tertiary/aromatic N) is 4. The number of nitrogens with one attached hydrogen (secondary N) is 2. The van der Waals surface area contributed by atoms with Crippen LogP contribution in [-0.2, 0) is 39.3 Å². The smallest absolute Gasteiger partial charge is 0.124 e. The van der Waals surface area contributed by atoms with Crippen molar-refractivity contribution in [3.05, 3.63) is 118 Å². The van der Waals surface area contributed by atoms with E-state index in [2.05, 4.69) is 68.5 Å². The summed E-state index contributed by atoms with van der Waals surface area (Å²) in [6.07, 6.45) is 3.65. The number of aryl methyl sites for hydroxylation is 2. The molecule has 0 spiro atoms. The van der Waals surface area contributed by atoms with Crippen molar-refractivity contribution in [3.8, 4) is 11.5 Å². The minimum Gasteiger partial charge on any atom is -0.507 e. The molecule has 0 radical (unpaired) electrons. The van der Waals surface area contributed by atoms with Crippen LogP contribution in [0, 0.1) is 13.8 Å². The highest BCUT2D eigenvalue weighted by Gasteiger charge is 2.18. The maximum Gasteiger partial charge on any atom is 0.124 e. The lowest BCUT2D eigenvalue weighted by molar-refractivity contribution is 0.178. The van der Waals surface area contributed by atoms with E-state index in [1.54, 1.807) is 0 Å². The Morgan fingerprint density at radius 3 is 1.48 bits per heavy atom. The molecule has 4 aromatic rings. The quantitative estimate of drug-likeness (QED) is 0.289. The normalized spacial score (nSPS) is 16.0. The van der Waals surface area contributed by atoms with Gasteiger partial charge >= 0.3 is 0 Å². The lowest BCUT2D eigenvalue weighted by Crippen LogP contribution is -2.35. The Hall–Kier alpha value is -3.82. The summed E-state index contributed by atoms with van der Waals surface area (Å²) in [6, 6.07) is 20.3. The van der Waals surface area contributed by atoms with Gasteiger partial charge in [0.2, 0.25) is 0 Å². The highest BCUT2D eigenvalue weighted by molar-refractivity contribution is 5.44. The van der Waals surface area contributed by atoms with Crippen LogP contribution >= 0.6 is 0 Å². The molecule has 0 aliphatic carbocycles. The number of benzene rings is 2. The second-order valence-corrected chi connectivity index (χ2v) is 11.3. The van der Waals surface area contributed by atoms with Crippen molar-refractivity contribution in [1.82, 2.24) is 30.4 Å². The van der Waals surface area contributed by atoms with Crippen LogP contribution in [-0.4, -0.2) is 56.2 Å².